The summed E-state index contributed by atoms with van der Waals surface area (Å²) >= 11 is 0. The van der Waals surface area contributed by atoms with Gasteiger partial charge in [-0.3, -0.25) is 0 Å². The van der Waals surface area contributed by atoms with Crippen molar-refractivity contribution in [2.45, 2.75) is 13.0 Å². The van der Waals surface area contributed by atoms with Crippen molar-refractivity contribution < 1.29 is 14.9 Å². The smallest absolute Gasteiger partial charge is 0.128 e. The topological polar surface area (TPSA) is 65.8 Å². The van der Waals surface area contributed by atoms with Crippen LogP contribution < -0.4 is 4.90 Å². The molecule has 0 fully saturated rings. The van der Waals surface area contributed by atoms with Crippen LogP contribution in [0.2, 0.25) is 0 Å². The van der Waals surface area contributed by atoms with Gasteiger partial charge in [-0.25, -0.2) is 4.98 Å². The van der Waals surface area contributed by atoms with E-state index in [2.05, 4.69) is 4.98 Å². The van der Waals surface area contributed by atoms with Gasteiger partial charge in [0.05, 0.1) is 19.3 Å². The molecule has 1 atom stereocenters. The number of pyridine rings is 1. The highest BCUT2D eigenvalue weighted by Crippen LogP contribution is 2.17. The van der Waals surface area contributed by atoms with E-state index < -0.39 is 6.10 Å². The van der Waals surface area contributed by atoms with E-state index >= 15 is 0 Å². The Morgan fingerprint density at radius 1 is 1.47 bits per heavy atom. The van der Waals surface area contributed by atoms with Gasteiger partial charge in [-0.1, -0.05) is 0 Å². The lowest BCUT2D eigenvalue weighted by molar-refractivity contribution is 0.198. The number of aliphatic hydroxyl groups is 2. The standard InChI is InChI=1S/C12H20N2O3/c1-10(16)11-3-4-13-12(9-11)14(5-7-15)6-8-17-2/h3-4,9-10,15-16H,5-8H2,1-2H3/t10-/m0/s1. The SMILES string of the molecule is COCCN(CCO)c1cc([C@H](C)O)ccn1. The van der Waals surface area contributed by atoms with Crippen LogP contribution in [-0.4, -0.2) is 48.6 Å². The molecule has 1 rings (SSSR count). The molecule has 2 N–H and O–H groups in total. The van der Waals surface area contributed by atoms with E-state index in [1.807, 2.05) is 11.0 Å². The number of nitrogens with zero attached hydrogens (tertiary/aromatic N) is 2. The van der Waals surface area contributed by atoms with Gasteiger partial charge in [0.1, 0.15) is 5.82 Å². The number of methoxy groups -OCH3 is 1. The quantitative estimate of drug-likeness (QED) is 0.730. The van der Waals surface area contributed by atoms with E-state index in [1.54, 1.807) is 26.3 Å². The fourth-order valence-corrected chi connectivity index (χ4v) is 1.53. The zero-order valence-corrected chi connectivity index (χ0v) is 10.3. The van der Waals surface area contributed by atoms with E-state index in [0.29, 0.717) is 19.7 Å². The average molecular weight is 240 g/mol. The zero-order chi connectivity index (χ0) is 12.7. The van der Waals surface area contributed by atoms with Gasteiger partial charge < -0.3 is 19.8 Å². The van der Waals surface area contributed by atoms with Crippen LogP contribution in [0.15, 0.2) is 18.3 Å². The minimum absolute atomic E-state index is 0.0598. The third kappa shape index (κ3) is 4.30. The van der Waals surface area contributed by atoms with Crippen molar-refractivity contribution >= 4 is 5.82 Å². The van der Waals surface area contributed by atoms with Crippen molar-refractivity contribution in [1.29, 1.82) is 0 Å². The first-order valence-electron chi connectivity index (χ1n) is 5.67. The van der Waals surface area contributed by atoms with Crippen LogP contribution in [0.1, 0.15) is 18.6 Å². The molecular weight excluding hydrogens is 220 g/mol. The second-order valence-electron chi connectivity index (χ2n) is 3.83. The number of hydrogen-bond donors (Lipinski definition) is 2. The first-order valence-corrected chi connectivity index (χ1v) is 5.67. The lowest BCUT2D eigenvalue weighted by atomic mass is 10.1. The molecule has 0 radical (unpaired) electrons. The van der Waals surface area contributed by atoms with E-state index in [9.17, 15) is 5.11 Å². The van der Waals surface area contributed by atoms with Gasteiger partial charge in [-0.2, -0.15) is 0 Å². The largest absolute Gasteiger partial charge is 0.395 e. The average Bonchev–Trinajstić information content (AvgIpc) is 2.34. The Morgan fingerprint density at radius 3 is 2.82 bits per heavy atom. The molecule has 0 aliphatic rings. The van der Waals surface area contributed by atoms with Crippen molar-refractivity contribution in [3.8, 4) is 0 Å². The Labute approximate surface area is 102 Å². The fraction of sp³-hybridized carbons (Fsp3) is 0.583. The van der Waals surface area contributed by atoms with E-state index in [0.717, 1.165) is 11.4 Å². The van der Waals surface area contributed by atoms with E-state index in [1.165, 1.54) is 0 Å². The molecule has 0 aromatic carbocycles. The summed E-state index contributed by atoms with van der Waals surface area (Å²) in [6.45, 7) is 3.50. The predicted molar refractivity (Wildman–Crippen MR) is 66.0 cm³/mol. The maximum atomic E-state index is 9.52. The lowest BCUT2D eigenvalue weighted by Crippen LogP contribution is -2.31. The molecule has 0 saturated heterocycles. The van der Waals surface area contributed by atoms with Crippen molar-refractivity contribution in [1.82, 2.24) is 4.98 Å². The molecule has 5 nitrogen and oxygen atoms in total. The van der Waals surface area contributed by atoms with Crippen molar-refractivity contribution in [3.63, 3.8) is 0 Å². The maximum Gasteiger partial charge on any atom is 0.128 e. The van der Waals surface area contributed by atoms with Crippen LogP contribution >= 0.6 is 0 Å². The number of ether oxygens (including phenoxy) is 1. The molecule has 0 bridgehead atoms. The summed E-state index contributed by atoms with van der Waals surface area (Å²) in [7, 11) is 1.64. The molecular formula is C12H20N2O3. The third-order valence-electron chi connectivity index (χ3n) is 2.51. The van der Waals surface area contributed by atoms with E-state index in [-0.39, 0.29) is 6.61 Å². The normalized spacial score (nSPS) is 12.5. The Morgan fingerprint density at radius 2 is 2.24 bits per heavy atom. The highest BCUT2D eigenvalue weighted by molar-refractivity contribution is 5.41. The lowest BCUT2D eigenvalue weighted by Gasteiger charge is -2.23. The first-order chi connectivity index (χ1) is 8.19. The van der Waals surface area contributed by atoms with Gasteiger partial charge in [-0.05, 0) is 24.6 Å². The van der Waals surface area contributed by atoms with Crippen LogP contribution in [0.3, 0.4) is 0 Å². The minimum Gasteiger partial charge on any atom is -0.395 e. The number of anilines is 1. The van der Waals surface area contributed by atoms with Gasteiger partial charge in [0.2, 0.25) is 0 Å². The van der Waals surface area contributed by atoms with Crippen LogP contribution in [-0.2, 0) is 4.74 Å². The van der Waals surface area contributed by atoms with Gasteiger partial charge in [0.15, 0.2) is 0 Å². The molecule has 17 heavy (non-hydrogen) atoms. The van der Waals surface area contributed by atoms with Gasteiger partial charge in [-0.15, -0.1) is 0 Å². The summed E-state index contributed by atoms with van der Waals surface area (Å²) in [5, 5.41) is 18.5. The molecule has 0 spiro atoms. The molecule has 1 aromatic heterocycles. The molecule has 1 heterocycles. The van der Waals surface area contributed by atoms with E-state index in [4.69, 9.17) is 9.84 Å². The predicted octanol–water partition coefficient (Wildman–Crippen LogP) is 0.580. The fourth-order valence-electron chi connectivity index (χ4n) is 1.53. The molecule has 0 amide bonds. The molecule has 0 aliphatic carbocycles. The Bertz CT molecular complexity index is 331. The van der Waals surface area contributed by atoms with Crippen LogP contribution in [0.4, 0.5) is 5.82 Å². The molecule has 5 heteroatoms. The second kappa shape index (κ2) is 7.21. The summed E-state index contributed by atoms with van der Waals surface area (Å²) in [4.78, 5) is 6.17. The molecule has 0 unspecified atom stereocenters. The Hall–Kier alpha value is -1.17. The Balaban J connectivity index is 2.81. The highest BCUT2D eigenvalue weighted by atomic mass is 16.5. The number of aromatic nitrogens is 1. The van der Waals surface area contributed by atoms with Gasteiger partial charge in [0, 0.05) is 26.4 Å². The summed E-state index contributed by atoms with van der Waals surface area (Å²) in [5.74, 6) is 0.745. The van der Waals surface area contributed by atoms with Crippen LogP contribution in [0.5, 0.6) is 0 Å². The molecule has 1 aromatic rings. The third-order valence-corrected chi connectivity index (χ3v) is 2.51. The summed E-state index contributed by atoms with van der Waals surface area (Å²) in [6.07, 6.45) is 1.14. The zero-order valence-electron chi connectivity index (χ0n) is 10.3. The second-order valence-corrected chi connectivity index (χ2v) is 3.83. The first kappa shape index (κ1) is 13.9. The monoisotopic (exact) mass is 240 g/mol. The Kier molecular flexibility index (Phi) is 5.90. The molecule has 0 saturated carbocycles. The summed E-state index contributed by atoms with van der Waals surface area (Å²) < 4.78 is 5.02. The summed E-state index contributed by atoms with van der Waals surface area (Å²) in [6, 6.07) is 3.61. The van der Waals surface area contributed by atoms with Gasteiger partial charge >= 0.3 is 0 Å². The highest BCUT2D eigenvalue weighted by Gasteiger charge is 2.09. The maximum absolute atomic E-state index is 9.52. The van der Waals surface area contributed by atoms with Crippen LogP contribution in [0, 0.1) is 0 Å². The molecule has 96 valence electrons. The molecule has 0 aliphatic heterocycles. The van der Waals surface area contributed by atoms with Gasteiger partial charge in [0.25, 0.3) is 0 Å². The van der Waals surface area contributed by atoms with Crippen molar-refractivity contribution in [2.75, 3.05) is 38.3 Å². The number of aliphatic hydroxyl groups excluding tert-OH is 2. The van der Waals surface area contributed by atoms with Crippen molar-refractivity contribution in [3.05, 3.63) is 23.9 Å². The minimum atomic E-state index is -0.518. The van der Waals surface area contributed by atoms with Crippen molar-refractivity contribution in [2.24, 2.45) is 0 Å². The summed E-state index contributed by atoms with van der Waals surface area (Å²) in [5.41, 5.74) is 0.815. The number of rotatable bonds is 7. The van der Waals surface area contributed by atoms with Crippen LogP contribution in [0.25, 0.3) is 0 Å². The number of hydrogen-bond acceptors (Lipinski definition) is 5.